The van der Waals surface area contributed by atoms with E-state index in [4.69, 9.17) is 4.74 Å². The van der Waals surface area contributed by atoms with Crippen LogP contribution in [0, 0.1) is 11.6 Å². The van der Waals surface area contributed by atoms with Crippen LogP contribution in [0.3, 0.4) is 0 Å². The largest absolute Gasteiger partial charge is 0.390 e. The minimum atomic E-state index is -0.691. The maximum Gasteiger partial charge on any atom is 0.126 e. The lowest BCUT2D eigenvalue weighted by atomic mass is 10.0. The zero-order chi connectivity index (χ0) is 11.5. The molecule has 0 amide bonds. The molecule has 0 radical (unpaired) electrons. The van der Waals surface area contributed by atoms with Crippen LogP contribution in [-0.2, 0) is 11.2 Å². The Morgan fingerprint density at radius 2 is 2.00 bits per heavy atom. The molecule has 1 N–H and O–H groups in total. The zero-order valence-electron chi connectivity index (χ0n) is 8.83. The molecule has 88 valence electrons. The van der Waals surface area contributed by atoms with E-state index >= 15 is 0 Å². The van der Waals surface area contributed by atoms with Crippen LogP contribution < -0.4 is 0 Å². The van der Waals surface area contributed by atoms with Crippen molar-refractivity contribution in [2.24, 2.45) is 0 Å². The molecule has 1 fully saturated rings. The Bertz CT molecular complexity index is 342. The molecule has 0 aliphatic carbocycles. The Kier molecular flexibility index (Phi) is 3.51. The van der Waals surface area contributed by atoms with Gasteiger partial charge in [-0.2, -0.15) is 0 Å². The molecule has 1 aromatic carbocycles. The SMILES string of the molecule is OC(Cc1cc(F)cc(F)c1)C1CCCO1. The number of benzene rings is 1. The molecule has 0 saturated carbocycles. The summed E-state index contributed by atoms with van der Waals surface area (Å²) in [6.07, 6.45) is 1.06. The standard InChI is InChI=1S/C12H14F2O2/c13-9-4-8(5-10(14)7-9)6-11(15)12-2-1-3-16-12/h4-5,7,11-12,15H,1-3,6H2. The van der Waals surface area contributed by atoms with Gasteiger partial charge in [-0.1, -0.05) is 0 Å². The molecule has 1 aliphatic heterocycles. The monoisotopic (exact) mass is 228 g/mol. The van der Waals surface area contributed by atoms with Crippen molar-refractivity contribution in [3.05, 3.63) is 35.4 Å². The lowest BCUT2D eigenvalue weighted by Crippen LogP contribution is -2.27. The first-order valence-corrected chi connectivity index (χ1v) is 5.40. The van der Waals surface area contributed by atoms with Crippen molar-refractivity contribution >= 4 is 0 Å². The van der Waals surface area contributed by atoms with Gasteiger partial charge < -0.3 is 9.84 Å². The van der Waals surface area contributed by atoms with E-state index in [2.05, 4.69) is 0 Å². The minimum absolute atomic E-state index is 0.202. The third kappa shape index (κ3) is 2.77. The Balaban J connectivity index is 2.02. The summed E-state index contributed by atoms with van der Waals surface area (Å²) in [5, 5.41) is 9.81. The third-order valence-corrected chi connectivity index (χ3v) is 2.76. The highest BCUT2D eigenvalue weighted by Crippen LogP contribution is 2.19. The number of hydrogen-bond donors (Lipinski definition) is 1. The summed E-state index contributed by atoms with van der Waals surface area (Å²) in [7, 11) is 0. The predicted octanol–water partition coefficient (Wildman–Crippen LogP) is 2.05. The lowest BCUT2D eigenvalue weighted by Gasteiger charge is -2.17. The molecule has 0 aromatic heterocycles. The fraction of sp³-hybridized carbons (Fsp3) is 0.500. The van der Waals surface area contributed by atoms with Crippen LogP contribution in [0.25, 0.3) is 0 Å². The van der Waals surface area contributed by atoms with Gasteiger partial charge in [-0.05, 0) is 30.5 Å². The molecule has 2 nitrogen and oxygen atoms in total. The second-order valence-electron chi connectivity index (χ2n) is 4.10. The number of aliphatic hydroxyl groups excluding tert-OH is 1. The highest BCUT2D eigenvalue weighted by molar-refractivity contribution is 5.18. The molecule has 4 heteroatoms. The van der Waals surface area contributed by atoms with Crippen molar-refractivity contribution in [1.82, 2.24) is 0 Å². The van der Waals surface area contributed by atoms with E-state index < -0.39 is 17.7 Å². The van der Waals surface area contributed by atoms with Crippen molar-refractivity contribution in [3.63, 3.8) is 0 Å². The average Bonchev–Trinajstić information content (AvgIpc) is 2.68. The molecule has 1 aliphatic rings. The van der Waals surface area contributed by atoms with Crippen molar-refractivity contribution in [2.45, 2.75) is 31.5 Å². The van der Waals surface area contributed by atoms with E-state index in [1.54, 1.807) is 0 Å². The quantitative estimate of drug-likeness (QED) is 0.858. The molecular weight excluding hydrogens is 214 g/mol. The Hall–Kier alpha value is -1.00. The van der Waals surface area contributed by atoms with Crippen molar-refractivity contribution < 1.29 is 18.6 Å². The zero-order valence-corrected chi connectivity index (χ0v) is 8.83. The van der Waals surface area contributed by atoms with Gasteiger partial charge in [0.1, 0.15) is 11.6 Å². The fourth-order valence-electron chi connectivity index (χ4n) is 2.01. The highest BCUT2D eigenvalue weighted by atomic mass is 19.1. The van der Waals surface area contributed by atoms with Gasteiger partial charge in [0.15, 0.2) is 0 Å². The summed E-state index contributed by atoms with van der Waals surface area (Å²) in [6.45, 7) is 0.652. The van der Waals surface area contributed by atoms with Gasteiger partial charge in [-0.15, -0.1) is 0 Å². The topological polar surface area (TPSA) is 29.5 Å². The minimum Gasteiger partial charge on any atom is -0.390 e. The van der Waals surface area contributed by atoms with Crippen LogP contribution >= 0.6 is 0 Å². The molecule has 16 heavy (non-hydrogen) atoms. The van der Waals surface area contributed by atoms with E-state index in [-0.39, 0.29) is 12.5 Å². The smallest absolute Gasteiger partial charge is 0.126 e. The number of hydrogen-bond acceptors (Lipinski definition) is 2. The summed E-state index contributed by atoms with van der Waals surface area (Å²) >= 11 is 0. The van der Waals surface area contributed by atoms with Gasteiger partial charge in [0, 0.05) is 19.1 Å². The molecule has 1 aromatic rings. The second kappa shape index (κ2) is 4.89. The van der Waals surface area contributed by atoms with Crippen LogP contribution in [0.5, 0.6) is 0 Å². The van der Waals surface area contributed by atoms with E-state index in [9.17, 15) is 13.9 Å². The summed E-state index contributed by atoms with van der Waals surface area (Å²) < 4.78 is 31.1. The lowest BCUT2D eigenvalue weighted by molar-refractivity contribution is -0.000825. The molecule has 2 atom stereocenters. The van der Waals surface area contributed by atoms with Gasteiger partial charge in [0.05, 0.1) is 12.2 Å². The number of halogens is 2. The van der Waals surface area contributed by atoms with E-state index in [1.807, 2.05) is 0 Å². The molecule has 2 rings (SSSR count). The predicted molar refractivity (Wildman–Crippen MR) is 55.0 cm³/mol. The summed E-state index contributed by atoms with van der Waals surface area (Å²) in [5.74, 6) is -1.23. The first-order chi connectivity index (χ1) is 7.65. The highest BCUT2D eigenvalue weighted by Gasteiger charge is 2.24. The van der Waals surface area contributed by atoms with Crippen LogP contribution in [0.4, 0.5) is 8.78 Å². The van der Waals surface area contributed by atoms with E-state index in [0.29, 0.717) is 12.2 Å². The van der Waals surface area contributed by atoms with Crippen LogP contribution in [-0.4, -0.2) is 23.9 Å². The Morgan fingerprint density at radius 1 is 1.31 bits per heavy atom. The van der Waals surface area contributed by atoms with Crippen LogP contribution in [0.1, 0.15) is 18.4 Å². The van der Waals surface area contributed by atoms with E-state index in [0.717, 1.165) is 18.9 Å². The number of aliphatic hydroxyl groups is 1. The van der Waals surface area contributed by atoms with Gasteiger partial charge in [-0.3, -0.25) is 0 Å². The Labute approximate surface area is 92.9 Å². The molecule has 2 unspecified atom stereocenters. The molecule has 0 bridgehead atoms. The van der Waals surface area contributed by atoms with Crippen molar-refractivity contribution in [2.75, 3.05) is 6.61 Å². The van der Waals surface area contributed by atoms with E-state index in [1.165, 1.54) is 12.1 Å². The van der Waals surface area contributed by atoms with Gasteiger partial charge >= 0.3 is 0 Å². The van der Waals surface area contributed by atoms with Crippen LogP contribution in [0.15, 0.2) is 18.2 Å². The molecule has 1 heterocycles. The second-order valence-corrected chi connectivity index (χ2v) is 4.10. The van der Waals surface area contributed by atoms with Crippen molar-refractivity contribution in [1.29, 1.82) is 0 Å². The molecule has 0 spiro atoms. The van der Waals surface area contributed by atoms with Gasteiger partial charge in [0.2, 0.25) is 0 Å². The van der Waals surface area contributed by atoms with Gasteiger partial charge in [0.25, 0.3) is 0 Å². The molecular formula is C12H14F2O2. The average molecular weight is 228 g/mol. The summed E-state index contributed by atoms with van der Waals surface area (Å²) in [6, 6.07) is 3.30. The summed E-state index contributed by atoms with van der Waals surface area (Å²) in [5.41, 5.74) is 0.459. The first-order valence-electron chi connectivity index (χ1n) is 5.40. The first kappa shape index (κ1) is 11.5. The van der Waals surface area contributed by atoms with Gasteiger partial charge in [-0.25, -0.2) is 8.78 Å². The fourth-order valence-corrected chi connectivity index (χ4v) is 2.01. The van der Waals surface area contributed by atoms with Crippen molar-refractivity contribution in [3.8, 4) is 0 Å². The maximum absolute atomic E-state index is 12.9. The summed E-state index contributed by atoms with van der Waals surface area (Å²) in [4.78, 5) is 0. The number of rotatable bonds is 3. The Morgan fingerprint density at radius 3 is 2.56 bits per heavy atom. The maximum atomic E-state index is 12.9. The normalized spacial score (nSPS) is 22.3. The molecule has 1 saturated heterocycles. The third-order valence-electron chi connectivity index (χ3n) is 2.76. The van der Waals surface area contributed by atoms with Crippen LogP contribution in [0.2, 0.25) is 0 Å². The number of ether oxygens (including phenoxy) is 1.